The van der Waals surface area contributed by atoms with Gasteiger partial charge in [0.25, 0.3) is 5.91 Å². The van der Waals surface area contributed by atoms with Gasteiger partial charge >= 0.3 is 6.18 Å². The number of nitrogens with one attached hydrogen (secondary N) is 3. The molecule has 4 rings (SSSR count). The third-order valence-corrected chi connectivity index (χ3v) is 8.25. The summed E-state index contributed by atoms with van der Waals surface area (Å²) in [7, 11) is -3.87. The number of aromatic nitrogens is 1. The van der Waals surface area contributed by atoms with Gasteiger partial charge in [0.2, 0.25) is 10.0 Å². The maximum Gasteiger partial charge on any atom is 0.433 e. The maximum absolute atomic E-state index is 15.0. The molecule has 3 N–H and O–H groups in total. The molecule has 0 spiro atoms. The zero-order valence-corrected chi connectivity index (χ0v) is 22.8. The second kappa shape index (κ2) is 11.7. The number of rotatable bonds is 8. The van der Waals surface area contributed by atoms with E-state index in [-0.39, 0.29) is 29.4 Å². The van der Waals surface area contributed by atoms with Gasteiger partial charge in [-0.05, 0) is 68.5 Å². The molecule has 1 aliphatic carbocycles. The Bertz CT molecular complexity index is 1530. The van der Waals surface area contributed by atoms with E-state index in [0.29, 0.717) is 36.1 Å². The summed E-state index contributed by atoms with van der Waals surface area (Å²) in [4.78, 5) is 16.5. The lowest BCUT2D eigenvalue weighted by atomic mass is 9.90. The second-order valence-electron chi connectivity index (χ2n) is 9.59. The molecular weight excluding hydrogens is 579 g/mol. The SMILES string of the molecule is CCCS(=O)(=O)Nc1ccc(F)c(C(=O)NC2CCC(Nc3cc(C(F)(F)F)nc4ccc(Cl)cc34)CC2)c1F. The van der Waals surface area contributed by atoms with Crippen molar-refractivity contribution in [2.24, 2.45) is 0 Å². The lowest BCUT2D eigenvalue weighted by molar-refractivity contribution is -0.140. The Labute approximate surface area is 232 Å². The van der Waals surface area contributed by atoms with E-state index in [1.165, 1.54) is 18.2 Å². The fourth-order valence-electron chi connectivity index (χ4n) is 4.65. The number of carbonyl (C=O) groups excluding carboxylic acids is 1. The number of sulfonamides is 1. The van der Waals surface area contributed by atoms with Gasteiger partial charge in [-0.25, -0.2) is 22.2 Å². The lowest BCUT2D eigenvalue weighted by Crippen LogP contribution is -2.40. The summed E-state index contributed by atoms with van der Waals surface area (Å²) < 4.78 is 95.7. The minimum absolute atomic E-state index is 0.131. The highest BCUT2D eigenvalue weighted by Gasteiger charge is 2.34. The van der Waals surface area contributed by atoms with Crippen molar-refractivity contribution < 1.29 is 35.2 Å². The summed E-state index contributed by atoms with van der Waals surface area (Å²) in [5, 5.41) is 6.48. The number of amides is 1. The van der Waals surface area contributed by atoms with Crippen molar-refractivity contribution in [2.75, 3.05) is 15.8 Å². The molecule has 1 heterocycles. The molecule has 1 aliphatic rings. The van der Waals surface area contributed by atoms with Crippen molar-refractivity contribution in [1.82, 2.24) is 10.3 Å². The smallest absolute Gasteiger partial charge is 0.382 e. The van der Waals surface area contributed by atoms with Gasteiger partial charge in [0.15, 0.2) is 5.82 Å². The van der Waals surface area contributed by atoms with Crippen LogP contribution in [0, 0.1) is 11.6 Å². The van der Waals surface area contributed by atoms with Gasteiger partial charge in [-0.3, -0.25) is 9.52 Å². The van der Waals surface area contributed by atoms with Crippen LogP contribution in [0.4, 0.5) is 33.3 Å². The van der Waals surface area contributed by atoms with Gasteiger partial charge in [0, 0.05) is 28.2 Å². The summed E-state index contributed by atoms with van der Waals surface area (Å²) in [6.45, 7) is 1.62. The van der Waals surface area contributed by atoms with Gasteiger partial charge in [-0.15, -0.1) is 0 Å². The van der Waals surface area contributed by atoms with Crippen molar-refractivity contribution in [2.45, 2.75) is 57.3 Å². The van der Waals surface area contributed by atoms with E-state index in [0.717, 1.165) is 18.2 Å². The van der Waals surface area contributed by atoms with Gasteiger partial charge in [-0.2, -0.15) is 13.2 Å². The third-order valence-electron chi connectivity index (χ3n) is 6.54. The monoisotopic (exact) mass is 604 g/mol. The molecule has 0 radical (unpaired) electrons. The van der Waals surface area contributed by atoms with Gasteiger partial charge in [0.05, 0.1) is 17.0 Å². The molecule has 0 atom stereocenters. The first kappa shape index (κ1) is 29.8. The van der Waals surface area contributed by atoms with E-state index in [1.807, 2.05) is 4.72 Å². The van der Waals surface area contributed by atoms with E-state index >= 15 is 0 Å². The summed E-state index contributed by atoms with van der Waals surface area (Å²) in [5.41, 5.74) is -2.13. The van der Waals surface area contributed by atoms with Crippen molar-refractivity contribution in [1.29, 1.82) is 0 Å². The minimum atomic E-state index is -4.65. The third kappa shape index (κ3) is 6.92. The van der Waals surface area contributed by atoms with Crippen LogP contribution in [-0.4, -0.2) is 37.1 Å². The zero-order chi connectivity index (χ0) is 29.2. The van der Waals surface area contributed by atoms with E-state index in [4.69, 9.17) is 11.6 Å². The Hall–Kier alpha value is -3.19. The van der Waals surface area contributed by atoms with Gasteiger partial charge in [0.1, 0.15) is 17.1 Å². The average molecular weight is 605 g/mol. The van der Waals surface area contributed by atoms with E-state index in [9.17, 15) is 35.2 Å². The van der Waals surface area contributed by atoms with Crippen LogP contribution in [0.1, 0.15) is 55.1 Å². The molecule has 0 unspecified atom stereocenters. The topological polar surface area (TPSA) is 100 Å². The Balaban J connectivity index is 1.44. The number of fused-ring (bicyclic) bond motifs is 1. The van der Waals surface area contributed by atoms with Crippen LogP contribution in [-0.2, 0) is 16.2 Å². The largest absolute Gasteiger partial charge is 0.433 e. The van der Waals surface area contributed by atoms with Crippen LogP contribution in [0.2, 0.25) is 5.02 Å². The van der Waals surface area contributed by atoms with Crippen molar-refractivity contribution >= 4 is 49.8 Å². The number of anilines is 2. The van der Waals surface area contributed by atoms with Crippen LogP contribution >= 0.6 is 11.6 Å². The molecule has 1 saturated carbocycles. The zero-order valence-electron chi connectivity index (χ0n) is 21.2. The summed E-state index contributed by atoms with van der Waals surface area (Å²) in [6.07, 6.45) is -2.73. The van der Waals surface area contributed by atoms with Crippen LogP contribution < -0.4 is 15.4 Å². The lowest BCUT2D eigenvalue weighted by Gasteiger charge is -2.31. The number of alkyl halides is 3. The normalized spacial score (nSPS) is 18.0. The van der Waals surface area contributed by atoms with Crippen molar-refractivity contribution in [3.8, 4) is 0 Å². The quantitative estimate of drug-likeness (QED) is 0.255. The number of hydrogen-bond acceptors (Lipinski definition) is 5. The number of hydrogen-bond donors (Lipinski definition) is 3. The van der Waals surface area contributed by atoms with E-state index in [1.54, 1.807) is 6.92 Å². The highest BCUT2D eigenvalue weighted by Crippen LogP contribution is 2.35. The highest BCUT2D eigenvalue weighted by atomic mass is 35.5. The maximum atomic E-state index is 15.0. The molecule has 216 valence electrons. The van der Waals surface area contributed by atoms with Crippen molar-refractivity contribution in [3.05, 3.63) is 64.3 Å². The summed E-state index contributed by atoms with van der Waals surface area (Å²) in [5.74, 6) is -3.78. The highest BCUT2D eigenvalue weighted by molar-refractivity contribution is 7.92. The molecule has 7 nitrogen and oxygen atoms in total. The number of pyridine rings is 1. The molecule has 14 heteroatoms. The summed E-state index contributed by atoms with van der Waals surface area (Å²) >= 11 is 6.05. The van der Waals surface area contributed by atoms with E-state index in [2.05, 4.69) is 15.6 Å². The number of carbonyl (C=O) groups is 1. The predicted octanol–water partition coefficient (Wildman–Crippen LogP) is 6.49. The fraction of sp³-hybridized carbons (Fsp3) is 0.385. The number of benzene rings is 2. The van der Waals surface area contributed by atoms with E-state index < -0.39 is 56.7 Å². The fourth-order valence-corrected chi connectivity index (χ4v) is 5.95. The molecular formula is C26H26ClF5N4O3S. The number of halogens is 6. The van der Waals surface area contributed by atoms with Crippen LogP contribution in [0.25, 0.3) is 10.9 Å². The molecule has 2 aromatic carbocycles. The first-order chi connectivity index (χ1) is 18.8. The first-order valence-corrected chi connectivity index (χ1v) is 14.5. The molecule has 0 bridgehead atoms. The molecule has 1 fully saturated rings. The number of nitrogens with zero attached hydrogens (tertiary/aromatic N) is 1. The molecule has 1 aromatic heterocycles. The Kier molecular flexibility index (Phi) is 8.74. The Morgan fingerprint density at radius 2 is 1.70 bits per heavy atom. The Morgan fingerprint density at radius 1 is 1.02 bits per heavy atom. The van der Waals surface area contributed by atoms with Crippen LogP contribution in [0.3, 0.4) is 0 Å². The predicted molar refractivity (Wildman–Crippen MR) is 143 cm³/mol. The second-order valence-corrected chi connectivity index (χ2v) is 11.9. The van der Waals surface area contributed by atoms with Gasteiger partial charge < -0.3 is 10.6 Å². The minimum Gasteiger partial charge on any atom is -0.382 e. The van der Waals surface area contributed by atoms with Crippen LogP contribution in [0.5, 0.6) is 0 Å². The molecule has 40 heavy (non-hydrogen) atoms. The van der Waals surface area contributed by atoms with Crippen LogP contribution in [0.15, 0.2) is 36.4 Å². The standard InChI is InChI=1S/C26H26ClF5N4O3S/c1-2-11-40(38,39)36-20-10-8-18(28)23(24(20)29)25(37)34-16-6-4-15(5-7-16)33-21-13-22(26(30,31)32)35-19-9-3-14(27)12-17(19)21/h3,8-10,12-13,15-16,36H,2,4-7,11H2,1H3,(H,33,35)(H,34,37). The first-order valence-electron chi connectivity index (χ1n) is 12.5. The molecule has 0 saturated heterocycles. The summed E-state index contributed by atoms with van der Waals surface area (Å²) in [6, 6.07) is 6.33. The van der Waals surface area contributed by atoms with Gasteiger partial charge in [-0.1, -0.05) is 18.5 Å². The Morgan fingerprint density at radius 3 is 2.35 bits per heavy atom. The molecule has 1 amide bonds. The average Bonchev–Trinajstić information content (AvgIpc) is 2.86. The molecule has 0 aliphatic heterocycles. The molecule has 3 aromatic rings. The van der Waals surface area contributed by atoms with Crippen molar-refractivity contribution in [3.63, 3.8) is 0 Å².